The van der Waals surface area contributed by atoms with Gasteiger partial charge in [-0.25, -0.2) is 29.7 Å². The molecule has 0 atom stereocenters. The molecule has 1 saturated heterocycles. The molecule has 6 aromatic heterocycles. The predicted octanol–water partition coefficient (Wildman–Crippen LogP) is 7.50. The summed E-state index contributed by atoms with van der Waals surface area (Å²) < 4.78 is 16.4. The molecule has 21 nitrogen and oxygen atoms in total. The van der Waals surface area contributed by atoms with Gasteiger partial charge in [-0.2, -0.15) is 15.3 Å². The van der Waals surface area contributed by atoms with E-state index in [1.807, 2.05) is 38.2 Å². The number of hydrogen-bond donors (Lipinski definition) is 4. The fourth-order valence-corrected chi connectivity index (χ4v) is 7.65. The maximum absolute atomic E-state index is 13.0. The molecule has 21 heteroatoms. The van der Waals surface area contributed by atoms with Crippen LogP contribution >= 0.6 is 0 Å². The van der Waals surface area contributed by atoms with Crippen LogP contribution in [0.1, 0.15) is 66.4 Å². The highest BCUT2D eigenvalue weighted by Gasteiger charge is 2.37. The van der Waals surface area contributed by atoms with E-state index >= 15 is 0 Å². The molecule has 0 unspecified atom stereocenters. The summed E-state index contributed by atoms with van der Waals surface area (Å²) in [6.07, 6.45) is 10.0. The normalized spacial score (nSPS) is 13.7. The SMILES string of the molecule is CCC(=O)c1cnc(Nc2cc(C)n(C)n2)cc1Nc1nccc(-c2ncn(C)n2)c1OC.COc1c(Nc2cc(NC(=O)N3CC(C)(C)C3)ncc2C(=O)C2CC2)cccc1-c1ncn(C)n1. The van der Waals surface area contributed by atoms with Gasteiger partial charge in [0.2, 0.25) is 0 Å². The molecule has 1 aliphatic carbocycles. The second-order valence-corrected chi connectivity index (χ2v) is 17.4. The van der Waals surface area contributed by atoms with E-state index in [4.69, 9.17) is 9.47 Å². The van der Waals surface area contributed by atoms with E-state index in [1.165, 1.54) is 6.20 Å². The lowest BCUT2D eigenvalue weighted by Crippen LogP contribution is -2.56. The number of amides is 2. The van der Waals surface area contributed by atoms with Crippen LogP contribution in [0, 0.1) is 18.3 Å². The third-order valence-corrected chi connectivity index (χ3v) is 11.3. The number of nitrogens with one attached hydrogen (secondary N) is 4. The van der Waals surface area contributed by atoms with Crippen molar-refractivity contribution in [3.05, 3.63) is 90.5 Å². The topological polar surface area (TPSA) is 239 Å². The van der Waals surface area contributed by atoms with E-state index in [2.05, 4.69) is 75.3 Å². The number of carbonyl (C=O) groups is 3. The lowest BCUT2D eigenvalue weighted by Gasteiger charge is -2.45. The number of Topliss-reactive ketones (excluding diaryl/α,β-unsaturated/α-hetero) is 2. The molecule has 68 heavy (non-hydrogen) atoms. The number of aromatic nitrogens is 11. The maximum atomic E-state index is 13.0. The van der Waals surface area contributed by atoms with Crippen LogP contribution in [0.5, 0.6) is 11.5 Å². The molecule has 4 N–H and O–H groups in total. The molecular formula is C47H54N16O5. The average molecular weight is 923 g/mol. The molecule has 1 saturated carbocycles. The Morgan fingerprint density at radius 2 is 1.35 bits per heavy atom. The quantitative estimate of drug-likeness (QED) is 0.0728. The number of likely N-dealkylation sites (tertiary alicyclic amines) is 1. The molecule has 2 amide bonds. The number of carbonyl (C=O) groups excluding carboxylic acids is 3. The summed E-state index contributed by atoms with van der Waals surface area (Å²) in [7, 11) is 8.59. The van der Waals surface area contributed by atoms with Gasteiger partial charge in [0, 0.05) is 94.5 Å². The Hall–Kier alpha value is -8.23. The Balaban J connectivity index is 0.000000184. The van der Waals surface area contributed by atoms with Crippen LogP contribution in [0.4, 0.5) is 45.1 Å². The summed E-state index contributed by atoms with van der Waals surface area (Å²) in [5, 5.41) is 25.8. The number of urea groups is 1. The first-order valence-corrected chi connectivity index (χ1v) is 22.0. The van der Waals surface area contributed by atoms with Crippen molar-refractivity contribution in [1.29, 1.82) is 0 Å². The van der Waals surface area contributed by atoms with Gasteiger partial charge >= 0.3 is 6.03 Å². The standard InChI is InChI=1S/C25H29N7O3.C22H25N9O2/c1-25(2)12-32(13-25)24(34)29-20-10-19(17(11-26-20)21(33)15-8-9-15)28-18-7-5-6-16(22(18)35-4)23-27-14-31(3)30-23;1-6-17(32)15-11-24-18(27-19-9-13(2)31(4)28-19)10-16(15)26-22-20(33-5)14(7-8-23-22)21-25-12-30(3)29-21/h5-7,10-11,14-15H,8-9,12-13H2,1-4H3,(H2,26,28,29,34);7-12H,6H2,1-5H3,(H2,23,24,26,27,28). The Morgan fingerprint density at radius 1 is 0.721 bits per heavy atom. The number of para-hydroxylation sites is 1. The molecule has 352 valence electrons. The molecule has 1 aromatic carbocycles. The van der Waals surface area contributed by atoms with Crippen LogP contribution in [0.25, 0.3) is 22.8 Å². The molecule has 0 bridgehead atoms. The number of anilines is 7. The number of aryl methyl sites for hydroxylation is 4. The van der Waals surface area contributed by atoms with E-state index in [9.17, 15) is 14.4 Å². The maximum Gasteiger partial charge on any atom is 0.323 e. The molecule has 0 radical (unpaired) electrons. The number of pyridine rings is 3. The minimum Gasteiger partial charge on any atom is -0.494 e. The fourth-order valence-electron chi connectivity index (χ4n) is 7.65. The third kappa shape index (κ3) is 10.3. The van der Waals surface area contributed by atoms with Gasteiger partial charge in [0.15, 0.2) is 46.4 Å². The van der Waals surface area contributed by atoms with E-state index in [-0.39, 0.29) is 28.9 Å². The van der Waals surface area contributed by atoms with Crippen molar-refractivity contribution < 1.29 is 23.9 Å². The van der Waals surface area contributed by atoms with Crippen LogP contribution in [-0.2, 0) is 21.1 Å². The highest BCUT2D eigenvalue weighted by molar-refractivity contribution is 6.05. The molecule has 7 aromatic rings. The number of rotatable bonds is 15. The molecular weight excluding hydrogens is 869 g/mol. The summed E-state index contributed by atoms with van der Waals surface area (Å²) in [5.41, 5.74) is 5.21. The first-order chi connectivity index (χ1) is 32.6. The zero-order chi connectivity index (χ0) is 48.3. The Morgan fingerprint density at radius 3 is 1.94 bits per heavy atom. The van der Waals surface area contributed by atoms with Crippen LogP contribution in [-0.4, -0.2) is 104 Å². The van der Waals surface area contributed by atoms with Gasteiger partial charge in [-0.15, -0.1) is 0 Å². The monoisotopic (exact) mass is 922 g/mol. The first kappa shape index (κ1) is 46.3. The predicted molar refractivity (Wildman–Crippen MR) is 256 cm³/mol. The van der Waals surface area contributed by atoms with Crippen molar-refractivity contribution in [2.24, 2.45) is 32.5 Å². The van der Waals surface area contributed by atoms with Crippen molar-refractivity contribution in [2.75, 3.05) is 48.6 Å². The Bertz CT molecular complexity index is 2980. The van der Waals surface area contributed by atoms with E-state index in [0.29, 0.717) is 99.7 Å². The van der Waals surface area contributed by atoms with Gasteiger partial charge < -0.3 is 30.3 Å². The van der Waals surface area contributed by atoms with Crippen molar-refractivity contribution in [1.82, 2.24) is 59.2 Å². The van der Waals surface area contributed by atoms with Crippen LogP contribution in [0.15, 0.2) is 73.7 Å². The van der Waals surface area contributed by atoms with Crippen molar-refractivity contribution >= 4 is 57.9 Å². The van der Waals surface area contributed by atoms with Crippen molar-refractivity contribution in [3.8, 4) is 34.3 Å². The van der Waals surface area contributed by atoms with E-state index < -0.39 is 0 Å². The molecule has 1 aliphatic heterocycles. The van der Waals surface area contributed by atoms with Crippen molar-refractivity contribution in [3.63, 3.8) is 0 Å². The van der Waals surface area contributed by atoms with E-state index in [1.54, 1.807) is 97.4 Å². The summed E-state index contributed by atoms with van der Waals surface area (Å²) in [5.74, 6) is 4.05. The largest absolute Gasteiger partial charge is 0.494 e. The van der Waals surface area contributed by atoms with Crippen molar-refractivity contribution in [2.45, 2.75) is 47.0 Å². The fraction of sp³-hybridized carbons (Fsp3) is 0.340. The Labute approximate surface area is 392 Å². The number of ketones is 2. The number of methoxy groups -OCH3 is 2. The summed E-state index contributed by atoms with van der Waals surface area (Å²) in [4.78, 5) is 61.8. The second-order valence-electron chi connectivity index (χ2n) is 17.4. The van der Waals surface area contributed by atoms with Gasteiger partial charge in [-0.05, 0) is 38.0 Å². The molecule has 0 spiro atoms. The van der Waals surface area contributed by atoms with E-state index in [0.717, 1.165) is 24.1 Å². The molecule has 9 rings (SSSR count). The van der Waals surface area contributed by atoms with Gasteiger partial charge in [0.25, 0.3) is 0 Å². The van der Waals surface area contributed by atoms with Crippen LogP contribution in [0.2, 0.25) is 0 Å². The Kier molecular flexibility index (Phi) is 13.2. The second kappa shape index (κ2) is 19.3. The summed E-state index contributed by atoms with van der Waals surface area (Å²) in [6, 6.07) is 12.5. The van der Waals surface area contributed by atoms with Crippen LogP contribution in [0.3, 0.4) is 0 Å². The third-order valence-electron chi connectivity index (χ3n) is 11.3. The van der Waals surface area contributed by atoms with Gasteiger partial charge in [-0.1, -0.05) is 26.8 Å². The minimum atomic E-state index is -0.204. The lowest BCUT2D eigenvalue weighted by molar-refractivity contribution is 0.0687. The lowest BCUT2D eigenvalue weighted by atomic mass is 9.85. The highest BCUT2D eigenvalue weighted by Crippen LogP contribution is 2.40. The minimum absolute atomic E-state index is 0.0204. The molecule has 2 fully saturated rings. The molecule has 7 heterocycles. The number of benzene rings is 1. The first-order valence-electron chi connectivity index (χ1n) is 22.0. The van der Waals surface area contributed by atoms with Gasteiger partial charge in [0.05, 0.1) is 53.5 Å². The van der Waals surface area contributed by atoms with Gasteiger partial charge in [0.1, 0.15) is 24.3 Å². The number of ether oxygens (including phenoxy) is 2. The smallest absolute Gasteiger partial charge is 0.323 e. The highest BCUT2D eigenvalue weighted by atomic mass is 16.5. The number of nitrogens with zero attached hydrogens (tertiary/aromatic N) is 12. The summed E-state index contributed by atoms with van der Waals surface area (Å²) >= 11 is 0. The van der Waals surface area contributed by atoms with Gasteiger partial charge in [-0.3, -0.25) is 29.0 Å². The average Bonchev–Trinajstić information content (AvgIpc) is 3.80. The summed E-state index contributed by atoms with van der Waals surface area (Å²) in [6.45, 7) is 9.39. The zero-order valence-electron chi connectivity index (χ0n) is 39.4. The van der Waals surface area contributed by atoms with Crippen LogP contribution < -0.4 is 30.7 Å². The molecule has 2 aliphatic rings. The number of hydrogen-bond acceptors (Lipinski definition) is 16. The zero-order valence-corrected chi connectivity index (χ0v) is 39.4.